The highest BCUT2D eigenvalue weighted by molar-refractivity contribution is 7.80. The monoisotopic (exact) mass is 778 g/mol. The Labute approximate surface area is 321 Å². The number of rotatable bonds is 35. The fourth-order valence-corrected chi connectivity index (χ4v) is 6.68. The van der Waals surface area contributed by atoms with Crippen LogP contribution in [0.4, 0.5) is 0 Å². The minimum Gasteiger partial charge on any atom is -0.457 e. The molecule has 0 radical (unpaired) electrons. The SMILES string of the molecule is CCCCC/C=C\C/C=C\CCCCCCCCCC(=O)OC(COCCCCCCCCCCC)COC1OC(CO)C(O)C(OS(=O)(=O)O)C1O. The summed E-state index contributed by atoms with van der Waals surface area (Å²) in [6.45, 7) is 3.93. The number of aliphatic hydroxyl groups excluding tert-OH is 3. The number of ether oxygens (including phenoxy) is 4. The van der Waals surface area contributed by atoms with E-state index in [1.807, 2.05) is 0 Å². The predicted molar refractivity (Wildman–Crippen MR) is 207 cm³/mol. The molecule has 53 heavy (non-hydrogen) atoms. The molecule has 0 aliphatic carbocycles. The third kappa shape index (κ3) is 26.9. The average Bonchev–Trinajstić information content (AvgIpc) is 3.12. The van der Waals surface area contributed by atoms with Gasteiger partial charge in [-0.05, 0) is 44.9 Å². The van der Waals surface area contributed by atoms with Gasteiger partial charge in [-0.15, -0.1) is 0 Å². The Morgan fingerprint density at radius 2 is 1.25 bits per heavy atom. The minimum absolute atomic E-state index is 0.0352. The molecule has 0 aromatic heterocycles. The van der Waals surface area contributed by atoms with Gasteiger partial charge in [-0.1, -0.05) is 134 Å². The lowest BCUT2D eigenvalue weighted by molar-refractivity contribution is -0.301. The van der Waals surface area contributed by atoms with E-state index < -0.39 is 59.8 Å². The van der Waals surface area contributed by atoms with Gasteiger partial charge in [0.05, 0.1) is 19.8 Å². The molecule has 13 heteroatoms. The van der Waals surface area contributed by atoms with Crippen molar-refractivity contribution < 1.29 is 56.2 Å². The second-order valence-electron chi connectivity index (χ2n) is 14.2. The minimum atomic E-state index is -5.05. The van der Waals surface area contributed by atoms with E-state index in [0.29, 0.717) is 13.0 Å². The van der Waals surface area contributed by atoms with Crippen LogP contribution in [0.3, 0.4) is 0 Å². The molecule has 6 unspecified atom stereocenters. The molecule has 1 rings (SSSR count). The summed E-state index contributed by atoms with van der Waals surface area (Å²) in [6, 6.07) is 0. The first-order valence-corrected chi connectivity index (χ1v) is 22.0. The molecule has 1 fully saturated rings. The van der Waals surface area contributed by atoms with Gasteiger partial charge < -0.3 is 34.3 Å². The normalized spacial score (nSPS) is 21.5. The van der Waals surface area contributed by atoms with E-state index >= 15 is 0 Å². The molecule has 1 aliphatic heterocycles. The van der Waals surface area contributed by atoms with Crippen molar-refractivity contribution in [2.75, 3.05) is 26.4 Å². The molecule has 0 amide bonds. The Hall–Kier alpha value is -1.42. The van der Waals surface area contributed by atoms with Gasteiger partial charge in [0, 0.05) is 13.0 Å². The van der Waals surface area contributed by atoms with E-state index in [1.54, 1.807) is 0 Å². The number of hydrogen-bond acceptors (Lipinski definition) is 11. The summed E-state index contributed by atoms with van der Waals surface area (Å²) in [5.74, 6) is -0.408. The van der Waals surface area contributed by atoms with Crippen molar-refractivity contribution in [3.05, 3.63) is 24.3 Å². The van der Waals surface area contributed by atoms with Crippen LogP contribution in [-0.2, 0) is 38.3 Å². The first-order chi connectivity index (χ1) is 25.6. The summed E-state index contributed by atoms with van der Waals surface area (Å²) < 4.78 is 58.8. The van der Waals surface area contributed by atoms with Crippen LogP contribution in [0.1, 0.15) is 162 Å². The number of carbonyl (C=O) groups is 1. The van der Waals surface area contributed by atoms with Crippen LogP contribution in [-0.4, -0.2) is 97.5 Å². The van der Waals surface area contributed by atoms with Gasteiger partial charge in [-0.3, -0.25) is 9.35 Å². The largest absolute Gasteiger partial charge is 0.457 e. The predicted octanol–water partition coefficient (Wildman–Crippen LogP) is 7.68. The van der Waals surface area contributed by atoms with E-state index in [2.05, 4.69) is 42.3 Å². The summed E-state index contributed by atoms with van der Waals surface area (Å²) in [5.41, 5.74) is 0. The molecule has 12 nitrogen and oxygen atoms in total. The van der Waals surface area contributed by atoms with E-state index in [0.717, 1.165) is 51.4 Å². The molecule has 312 valence electrons. The molecular formula is C40H74O12S. The first-order valence-electron chi connectivity index (χ1n) is 20.6. The van der Waals surface area contributed by atoms with Crippen molar-refractivity contribution in [3.8, 4) is 0 Å². The maximum absolute atomic E-state index is 12.8. The summed E-state index contributed by atoms with van der Waals surface area (Å²) >= 11 is 0. The van der Waals surface area contributed by atoms with Crippen molar-refractivity contribution in [2.24, 2.45) is 0 Å². The van der Waals surface area contributed by atoms with Crippen molar-refractivity contribution in [2.45, 2.75) is 198 Å². The van der Waals surface area contributed by atoms with Crippen LogP contribution in [0.25, 0.3) is 0 Å². The van der Waals surface area contributed by atoms with Gasteiger partial charge in [-0.25, -0.2) is 4.18 Å². The number of allylic oxidation sites excluding steroid dienone is 4. The third-order valence-corrected chi connectivity index (χ3v) is 9.79. The first kappa shape index (κ1) is 49.6. The Morgan fingerprint density at radius 1 is 0.717 bits per heavy atom. The highest BCUT2D eigenvalue weighted by Crippen LogP contribution is 2.26. The molecule has 6 atom stereocenters. The van der Waals surface area contributed by atoms with Gasteiger partial charge in [0.15, 0.2) is 6.29 Å². The van der Waals surface area contributed by atoms with Crippen molar-refractivity contribution in [1.29, 1.82) is 0 Å². The van der Waals surface area contributed by atoms with Crippen LogP contribution >= 0.6 is 0 Å². The van der Waals surface area contributed by atoms with Crippen molar-refractivity contribution in [1.82, 2.24) is 0 Å². The van der Waals surface area contributed by atoms with Gasteiger partial charge in [0.2, 0.25) is 0 Å². The molecule has 0 saturated carbocycles. The van der Waals surface area contributed by atoms with Gasteiger partial charge in [0.1, 0.15) is 30.5 Å². The molecular weight excluding hydrogens is 704 g/mol. The molecule has 0 bridgehead atoms. The highest BCUT2D eigenvalue weighted by atomic mass is 32.3. The smallest absolute Gasteiger partial charge is 0.397 e. The maximum atomic E-state index is 12.8. The van der Waals surface area contributed by atoms with Gasteiger partial charge in [0.25, 0.3) is 0 Å². The topological polar surface area (TPSA) is 178 Å². The maximum Gasteiger partial charge on any atom is 0.397 e. The zero-order chi connectivity index (χ0) is 39.0. The number of unbranched alkanes of at least 4 members (excludes halogenated alkanes) is 18. The fraction of sp³-hybridized carbons (Fsp3) is 0.875. The Kier molecular flexibility index (Phi) is 30.7. The highest BCUT2D eigenvalue weighted by Gasteiger charge is 2.48. The van der Waals surface area contributed by atoms with E-state index in [4.69, 9.17) is 23.5 Å². The van der Waals surface area contributed by atoms with Crippen LogP contribution in [0, 0.1) is 0 Å². The van der Waals surface area contributed by atoms with Crippen molar-refractivity contribution in [3.63, 3.8) is 0 Å². The summed E-state index contributed by atoms with van der Waals surface area (Å²) in [4.78, 5) is 12.8. The molecule has 0 aromatic carbocycles. The van der Waals surface area contributed by atoms with Gasteiger partial charge >= 0.3 is 16.4 Å². The Morgan fingerprint density at radius 3 is 1.83 bits per heavy atom. The number of aliphatic hydroxyl groups is 3. The second-order valence-corrected chi connectivity index (χ2v) is 15.3. The zero-order valence-corrected chi connectivity index (χ0v) is 33.6. The molecule has 1 aliphatic rings. The lowest BCUT2D eigenvalue weighted by atomic mass is 9.99. The van der Waals surface area contributed by atoms with E-state index in [9.17, 15) is 28.5 Å². The number of carbonyl (C=O) groups excluding carboxylic acids is 1. The lowest BCUT2D eigenvalue weighted by Crippen LogP contribution is -2.60. The molecule has 0 spiro atoms. The summed E-state index contributed by atoms with van der Waals surface area (Å²) in [6.07, 6.45) is 25.0. The number of hydrogen-bond donors (Lipinski definition) is 4. The Balaban J connectivity index is 2.45. The fourth-order valence-electron chi connectivity index (χ4n) is 6.17. The average molecular weight is 779 g/mol. The second kappa shape index (κ2) is 32.8. The summed E-state index contributed by atoms with van der Waals surface area (Å²) in [5, 5.41) is 30.5. The standard InChI is InChI=1S/C40H74O12S/c1-3-5-7-9-11-13-14-15-16-17-18-19-20-21-23-25-27-29-36(42)50-34(32-48-30-28-26-24-22-12-10-8-6-4-2)33-49-40-38(44)39(52-53(45,46)47)37(43)35(31-41)51-40/h11,13,15-16,34-35,37-41,43-44H,3-10,12,14,17-33H2,1-2H3,(H,45,46,47)/b13-11-,16-15-. The lowest BCUT2D eigenvalue weighted by Gasteiger charge is -2.41. The third-order valence-electron chi connectivity index (χ3n) is 9.33. The van der Waals surface area contributed by atoms with E-state index in [-0.39, 0.29) is 19.6 Å². The Bertz CT molecular complexity index is 1040. The molecule has 1 heterocycles. The summed E-state index contributed by atoms with van der Waals surface area (Å²) in [7, 11) is -5.05. The van der Waals surface area contributed by atoms with Crippen molar-refractivity contribution >= 4 is 16.4 Å². The van der Waals surface area contributed by atoms with Crippen LogP contribution < -0.4 is 0 Å². The van der Waals surface area contributed by atoms with Crippen LogP contribution in [0.15, 0.2) is 24.3 Å². The molecule has 1 saturated heterocycles. The van der Waals surface area contributed by atoms with Crippen LogP contribution in [0.5, 0.6) is 0 Å². The molecule has 4 N–H and O–H groups in total. The van der Waals surface area contributed by atoms with E-state index in [1.165, 1.54) is 83.5 Å². The molecule has 0 aromatic rings. The van der Waals surface area contributed by atoms with Gasteiger partial charge in [-0.2, -0.15) is 8.42 Å². The van der Waals surface area contributed by atoms with Crippen LogP contribution in [0.2, 0.25) is 0 Å². The zero-order valence-electron chi connectivity index (χ0n) is 32.8. The number of esters is 1. The quantitative estimate of drug-likeness (QED) is 0.0214.